The molecule has 0 spiro atoms. The lowest BCUT2D eigenvalue weighted by atomic mass is 10.2. The van der Waals surface area contributed by atoms with E-state index in [0.717, 1.165) is 0 Å². The number of rotatable bonds is 5. The molecule has 0 saturated heterocycles. The van der Waals surface area contributed by atoms with Gasteiger partial charge in [0.25, 0.3) is 0 Å². The zero-order valence-electron chi connectivity index (χ0n) is 11.4. The lowest BCUT2D eigenvalue weighted by molar-refractivity contribution is 0.208. The van der Waals surface area contributed by atoms with E-state index in [1.165, 1.54) is 4.90 Å². The summed E-state index contributed by atoms with van der Waals surface area (Å²) < 4.78 is 5.26. The Balaban J connectivity index is 2.66. The molecule has 0 saturated carbocycles. The van der Waals surface area contributed by atoms with E-state index in [1.807, 2.05) is 19.9 Å². The fourth-order valence-corrected chi connectivity index (χ4v) is 1.38. The van der Waals surface area contributed by atoms with Crippen LogP contribution in [0.1, 0.15) is 20.3 Å². The average Bonchev–Trinajstić information content (AvgIpc) is 2.39. The molecule has 1 aromatic rings. The van der Waals surface area contributed by atoms with E-state index in [-0.39, 0.29) is 18.5 Å². The number of urea groups is 1. The Kier molecular flexibility index (Phi) is 5.61. The molecule has 0 bridgehead atoms. The first-order chi connectivity index (χ1) is 9.08. The van der Waals surface area contributed by atoms with Gasteiger partial charge in [-0.1, -0.05) is 6.07 Å². The molecule has 102 valence electrons. The quantitative estimate of drug-likeness (QED) is 0.882. The van der Waals surface area contributed by atoms with Crippen LogP contribution in [-0.2, 0) is 0 Å². The molecule has 6 nitrogen and oxygen atoms in total. The van der Waals surface area contributed by atoms with E-state index >= 15 is 0 Å². The zero-order valence-corrected chi connectivity index (χ0v) is 11.4. The van der Waals surface area contributed by atoms with Crippen molar-refractivity contribution >= 4 is 11.8 Å². The number of hydrogen-bond donors (Lipinski definition) is 1. The van der Waals surface area contributed by atoms with Crippen molar-refractivity contribution in [2.24, 2.45) is 0 Å². The van der Waals surface area contributed by atoms with Crippen molar-refractivity contribution in [3.8, 4) is 11.9 Å². The second kappa shape index (κ2) is 7.21. The van der Waals surface area contributed by atoms with Crippen LogP contribution in [0.3, 0.4) is 0 Å². The van der Waals surface area contributed by atoms with Crippen molar-refractivity contribution in [2.75, 3.05) is 19.0 Å². The first-order valence-electron chi connectivity index (χ1n) is 6.09. The van der Waals surface area contributed by atoms with E-state index in [4.69, 9.17) is 10.00 Å². The topological polar surface area (TPSA) is 78.2 Å². The molecule has 6 heteroatoms. The molecule has 19 heavy (non-hydrogen) atoms. The van der Waals surface area contributed by atoms with Crippen LogP contribution in [0, 0.1) is 11.3 Å². The van der Waals surface area contributed by atoms with Crippen molar-refractivity contribution in [1.29, 1.82) is 5.26 Å². The van der Waals surface area contributed by atoms with Crippen LogP contribution in [0.4, 0.5) is 10.6 Å². The fraction of sp³-hybridized carbons (Fsp3) is 0.462. The number of nitrogens with one attached hydrogen (secondary N) is 1. The van der Waals surface area contributed by atoms with Crippen LogP contribution in [0.2, 0.25) is 0 Å². The third-order valence-electron chi connectivity index (χ3n) is 2.62. The van der Waals surface area contributed by atoms with Crippen LogP contribution in [-0.4, -0.2) is 35.6 Å². The summed E-state index contributed by atoms with van der Waals surface area (Å²) in [5, 5.41) is 11.3. The molecule has 0 aliphatic heterocycles. The van der Waals surface area contributed by atoms with Gasteiger partial charge in [0, 0.05) is 19.2 Å². The summed E-state index contributed by atoms with van der Waals surface area (Å²) in [7, 11) is 1.64. The smallest absolute Gasteiger partial charge is 0.323 e. The predicted molar refractivity (Wildman–Crippen MR) is 71.9 cm³/mol. The summed E-state index contributed by atoms with van der Waals surface area (Å²) in [5.74, 6) is 0.889. The zero-order chi connectivity index (χ0) is 14.3. The van der Waals surface area contributed by atoms with Gasteiger partial charge in [-0.25, -0.2) is 4.79 Å². The maximum atomic E-state index is 11.9. The van der Waals surface area contributed by atoms with Crippen molar-refractivity contribution in [2.45, 2.75) is 26.3 Å². The average molecular weight is 262 g/mol. The van der Waals surface area contributed by atoms with Gasteiger partial charge < -0.3 is 9.64 Å². The van der Waals surface area contributed by atoms with E-state index in [0.29, 0.717) is 18.3 Å². The molecule has 0 aromatic carbocycles. The number of carbonyl (C=O) groups excluding carboxylic acids is 1. The second-order valence-corrected chi connectivity index (χ2v) is 4.05. The molecular formula is C13H18N4O2. The van der Waals surface area contributed by atoms with Crippen LogP contribution in [0.5, 0.6) is 5.88 Å². The number of carbonyl (C=O) groups is 1. The monoisotopic (exact) mass is 262 g/mol. The highest BCUT2D eigenvalue weighted by molar-refractivity contribution is 5.88. The Labute approximate surface area is 113 Å². The van der Waals surface area contributed by atoms with Gasteiger partial charge >= 0.3 is 6.03 Å². The first-order valence-corrected chi connectivity index (χ1v) is 6.09. The number of amides is 2. The molecule has 1 atom stereocenters. The number of anilines is 1. The predicted octanol–water partition coefficient (Wildman–Crippen LogP) is 2.25. The SMILES string of the molecule is CCOc1cccc(NC(=O)N(C)C(C)CC#N)n1. The largest absolute Gasteiger partial charge is 0.478 e. The van der Waals surface area contributed by atoms with Crippen molar-refractivity contribution in [1.82, 2.24) is 9.88 Å². The van der Waals surface area contributed by atoms with Crippen LogP contribution < -0.4 is 10.1 Å². The van der Waals surface area contributed by atoms with Crippen molar-refractivity contribution < 1.29 is 9.53 Å². The minimum absolute atomic E-state index is 0.153. The van der Waals surface area contributed by atoms with Gasteiger partial charge in [0.1, 0.15) is 5.82 Å². The Hall–Kier alpha value is -2.29. The summed E-state index contributed by atoms with van der Waals surface area (Å²) in [5.41, 5.74) is 0. The third-order valence-corrected chi connectivity index (χ3v) is 2.62. The summed E-state index contributed by atoms with van der Waals surface area (Å²) in [6.07, 6.45) is 0.288. The Morgan fingerprint density at radius 3 is 3.00 bits per heavy atom. The molecule has 0 aliphatic carbocycles. The highest BCUT2D eigenvalue weighted by atomic mass is 16.5. The number of aromatic nitrogens is 1. The normalized spacial score (nSPS) is 11.3. The van der Waals surface area contributed by atoms with Crippen molar-refractivity contribution in [3.63, 3.8) is 0 Å². The third kappa shape index (κ3) is 4.47. The van der Waals surface area contributed by atoms with Crippen LogP contribution >= 0.6 is 0 Å². The highest BCUT2D eigenvalue weighted by Gasteiger charge is 2.15. The molecule has 1 rings (SSSR count). The lowest BCUT2D eigenvalue weighted by Crippen LogP contribution is -2.38. The molecule has 1 unspecified atom stereocenters. The van der Waals surface area contributed by atoms with E-state index in [9.17, 15) is 4.79 Å². The Morgan fingerprint density at radius 1 is 1.63 bits per heavy atom. The van der Waals surface area contributed by atoms with Crippen LogP contribution in [0.15, 0.2) is 18.2 Å². The molecule has 0 fully saturated rings. The van der Waals surface area contributed by atoms with E-state index in [1.54, 1.807) is 25.2 Å². The maximum absolute atomic E-state index is 11.9. The number of hydrogen-bond acceptors (Lipinski definition) is 4. The molecule has 1 N–H and O–H groups in total. The summed E-state index contributed by atoms with van der Waals surface area (Å²) in [6, 6.07) is 6.74. The van der Waals surface area contributed by atoms with Gasteiger partial charge in [0.15, 0.2) is 0 Å². The van der Waals surface area contributed by atoms with Crippen LogP contribution in [0.25, 0.3) is 0 Å². The molecule has 0 aliphatic rings. The lowest BCUT2D eigenvalue weighted by Gasteiger charge is -2.23. The molecule has 0 radical (unpaired) electrons. The minimum Gasteiger partial charge on any atom is -0.478 e. The maximum Gasteiger partial charge on any atom is 0.323 e. The number of ether oxygens (including phenoxy) is 1. The van der Waals surface area contributed by atoms with Crippen molar-refractivity contribution in [3.05, 3.63) is 18.2 Å². The molecule has 2 amide bonds. The Morgan fingerprint density at radius 2 is 2.37 bits per heavy atom. The molecule has 1 aromatic heterocycles. The number of pyridine rings is 1. The van der Waals surface area contributed by atoms with Gasteiger partial charge in [0.05, 0.1) is 19.1 Å². The first kappa shape index (κ1) is 14.8. The van der Waals surface area contributed by atoms with E-state index < -0.39 is 0 Å². The summed E-state index contributed by atoms with van der Waals surface area (Å²) >= 11 is 0. The number of nitrogens with zero attached hydrogens (tertiary/aromatic N) is 3. The summed E-state index contributed by atoms with van der Waals surface area (Å²) in [4.78, 5) is 17.5. The van der Waals surface area contributed by atoms with Gasteiger partial charge in [-0.3, -0.25) is 5.32 Å². The Bertz CT molecular complexity index is 470. The van der Waals surface area contributed by atoms with Gasteiger partial charge in [0.2, 0.25) is 5.88 Å². The molecular weight excluding hydrogens is 244 g/mol. The number of nitriles is 1. The van der Waals surface area contributed by atoms with E-state index in [2.05, 4.69) is 10.3 Å². The highest BCUT2D eigenvalue weighted by Crippen LogP contribution is 2.12. The van der Waals surface area contributed by atoms with Gasteiger partial charge in [-0.2, -0.15) is 10.2 Å². The minimum atomic E-state index is -0.302. The van der Waals surface area contributed by atoms with Gasteiger partial charge in [-0.05, 0) is 19.9 Å². The standard InChI is InChI=1S/C13H18N4O2/c1-4-19-12-7-5-6-11(15-12)16-13(18)17(3)10(2)8-9-14/h5-7,10H,4,8H2,1-3H3,(H,15,16,18). The fourth-order valence-electron chi connectivity index (χ4n) is 1.38. The second-order valence-electron chi connectivity index (χ2n) is 4.05. The molecule has 1 heterocycles. The van der Waals surface area contributed by atoms with Gasteiger partial charge in [-0.15, -0.1) is 0 Å². The summed E-state index contributed by atoms with van der Waals surface area (Å²) in [6.45, 7) is 4.20.